The number of methoxy groups -OCH3 is 1. The van der Waals surface area contributed by atoms with Crippen molar-refractivity contribution in [3.05, 3.63) is 95.6 Å². The van der Waals surface area contributed by atoms with Crippen LogP contribution in [0.4, 0.5) is 0 Å². The molecule has 1 N–H and O–H groups in total. The van der Waals surface area contributed by atoms with Gasteiger partial charge in [0.1, 0.15) is 6.61 Å². The predicted octanol–water partition coefficient (Wildman–Crippen LogP) is 4.87. The quantitative estimate of drug-likeness (QED) is 0.598. The van der Waals surface area contributed by atoms with E-state index in [1.807, 2.05) is 92.7 Å². The topological polar surface area (TPSA) is 47.6 Å². The lowest BCUT2D eigenvalue weighted by molar-refractivity contribution is -0.125. The minimum atomic E-state index is -0.607. The van der Waals surface area contributed by atoms with Crippen molar-refractivity contribution < 1.29 is 14.3 Å². The first kappa shape index (κ1) is 20.5. The van der Waals surface area contributed by atoms with Gasteiger partial charge in [0.25, 0.3) is 0 Å². The zero-order valence-corrected chi connectivity index (χ0v) is 17.1. The first-order valence-electron chi connectivity index (χ1n) is 9.68. The molecule has 0 aliphatic rings. The molecule has 0 aromatic heterocycles. The number of rotatable bonds is 8. The van der Waals surface area contributed by atoms with Crippen molar-refractivity contribution in [1.82, 2.24) is 5.32 Å². The van der Waals surface area contributed by atoms with Gasteiger partial charge in [0.05, 0.1) is 12.5 Å². The Hall–Kier alpha value is -3.27. The summed E-state index contributed by atoms with van der Waals surface area (Å²) in [5.74, 6) is 1.30. The van der Waals surface area contributed by atoms with E-state index in [0.29, 0.717) is 24.7 Å². The smallest absolute Gasteiger partial charge is 0.230 e. The van der Waals surface area contributed by atoms with E-state index in [1.54, 1.807) is 7.11 Å². The highest BCUT2D eigenvalue weighted by molar-refractivity contribution is 5.87. The van der Waals surface area contributed by atoms with Crippen LogP contribution in [0.5, 0.6) is 11.5 Å². The van der Waals surface area contributed by atoms with Crippen LogP contribution in [0.2, 0.25) is 0 Å². The molecule has 1 amide bonds. The number of hydrogen-bond donors (Lipinski definition) is 1. The lowest BCUT2D eigenvalue weighted by Gasteiger charge is -2.24. The van der Waals surface area contributed by atoms with Gasteiger partial charge >= 0.3 is 0 Å². The van der Waals surface area contributed by atoms with E-state index in [9.17, 15) is 4.79 Å². The summed E-state index contributed by atoms with van der Waals surface area (Å²) in [6, 6.07) is 25.5. The molecule has 4 nitrogen and oxygen atoms in total. The maximum atomic E-state index is 12.8. The number of ether oxygens (including phenoxy) is 2. The Morgan fingerprint density at radius 3 is 2.17 bits per heavy atom. The summed E-state index contributed by atoms with van der Waals surface area (Å²) in [5.41, 5.74) is 2.42. The minimum Gasteiger partial charge on any atom is -0.493 e. The Morgan fingerprint density at radius 1 is 0.862 bits per heavy atom. The molecular weight excluding hydrogens is 362 g/mol. The summed E-state index contributed by atoms with van der Waals surface area (Å²) in [7, 11) is 1.62. The molecule has 0 heterocycles. The first-order chi connectivity index (χ1) is 14.0. The number of hydrogen-bond acceptors (Lipinski definition) is 3. The Bertz CT molecular complexity index is 937. The van der Waals surface area contributed by atoms with E-state index in [4.69, 9.17) is 9.47 Å². The third-order valence-electron chi connectivity index (χ3n) is 4.98. The molecule has 3 aromatic carbocycles. The lowest BCUT2D eigenvalue weighted by Crippen LogP contribution is -2.39. The summed E-state index contributed by atoms with van der Waals surface area (Å²) in [6.07, 6.45) is 0. The van der Waals surface area contributed by atoms with Gasteiger partial charge in [-0.05, 0) is 42.7 Å². The Morgan fingerprint density at radius 2 is 1.52 bits per heavy atom. The summed E-state index contributed by atoms with van der Waals surface area (Å²) in [5, 5.41) is 3.03. The van der Waals surface area contributed by atoms with Gasteiger partial charge in [0.2, 0.25) is 5.91 Å². The van der Waals surface area contributed by atoms with Crippen LogP contribution in [0.3, 0.4) is 0 Å². The van der Waals surface area contributed by atoms with Crippen LogP contribution >= 0.6 is 0 Å². The summed E-state index contributed by atoms with van der Waals surface area (Å²) < 4.78 is 11.4. The number of nitrogens with one attached hydrogen (secondary N) is 1. The second-order valence-electron chi connectivity index (χ2n) is 7.43. The van der Waals surface area contributed by atoms with E-state index in [-0.39, 0.29) is 5.91 Å². The second kappa shape index (κ2) is 9.28. The highest BCUT2D eigenvalue weighted by Gasteiger charge is 2.29. The van der Waals surface area contributed by atoms with Crippen molar-refractivity contribution in [2.24, 2.45) is 0 Å². The summed E-state index contributed by atoms with van der Waals surface area (Å²) in [4.78, 5) is 12.8. The van der Waals surface area contributed by atoms with Gasteiger partial charge in [-0.3, -0.25) is 4.79 Å². The Balaban J connectivity index is 1.63. The summed E-state index contributed by atoms with van der Waals surface area (Å²) >= 11 is 0. The zero-order chi connectivity index (χ0) is 20.7. The highest BCUT2D eigenvalue weighted by Crippen LogP contribution is 2.29. The fraction of sp³-hybridized carbons (Fsp3) is 0.240. The van der Waals surface area contributed by atoms with Crippen LogP contribution in [-0.4, -0.2) is 13.0 Å². The summed E-state index contributed by atoms with van der Waals surface area (Å²) in [6.45, 7) is 4.75. The zero-order valence-electron chi connectivity index (χ0n) is 17.1. The third kappa shape index (κ3) is 5.17. The molecule has 0 unspecified atom stereocenters. The molecule has 3 rings (SSSR count). The van der Waals surface area contributed by atoms with E-state index in [0.717, 1.165) is 16.7 Å². The SMILES string of the molecule is COc1cc(CNC(=O)C(C)(C)c2ccccc2)ccc1OCc1ccccc1. The fourth-order valence-corrected chi connectivity index (χ4v) is 3.07. The first-order valence-corrected chi connectivity index (χ1v) is 9.68. The van der Waals surface area contributed by atoms with Crippen molar-refractivity contribution in [3.8, 4) is 11.5 Å². The molecule has 3 aromatic rings. The van der Waals surface area contributed by atoms with E-state index < -0.39 is 5.41 Å². The van der Waals surface area contributed by atoms with Crippen molar-refractivity contribution in [2.75, 3.05) is 7.11 Å². The Kier molecular flexibility index (Phi) is 6.55. The number of benzene rings is 3. The number of carbonyl (C=O) groups excluding carboxylic acids is 1. The molecule has 0 bridgehead atoms. The van der Waals surface area contributed by atoms with E-state index in [1.165, 1.54) is 0 Å². The van der Waals surface area contributed by atoms with Crippen LogP contribution in [0.1, 0.15) is 30.5 Å². The van der Waals surface area contributed by atoms with Gasteiger partial charge in [-0.25, -0.2) is 0 Å². The van der Waals surface area contributed by atoms with Crippen LogP contribution < -0.4 is 14.8 Å². The maximum absolute atomic E-state index is 12.8. The number of carbonyl (C=O) groups is 1. The molecule has 0 spiro atoms. The largest absolute Gasteiger partial charge is 0.493 e. The molecule has 0 saturated heterocycles. The molecule has 29 heavy (non-hydrogen) atoms. The second-order valence-corrected chi connectivity index (χ2v) is 7.43. The van der Waals surface area contributed by atoms with Gasteiger partial charge in [0, 0.05) is 6.54 Å². The van der Waals surface area contributed by atoms with Crippen LogP contribution in [0.15, 0.2) is 78.9 Å². The standard InChI is InChI=1S/C25H27NO3/c1-25(2,21-12-8-5-9-13-21)24(27)26-17-20-14-15-22(23(16-20)28-3)29-18-19-10-6-4-7-11-19/h4-16H,17-18H2,1-3H3,(H,26,27). The van der Waals surface area contributed by atoms with Crippen LogP contribution in [0, 0.1) is 0 Å². The van der Waals surface area contributed by atoms with Gasteiger partial charge in [-0.15, -0.1) is 0 Å². The molecule has 0 aliphatic heterocycles. The molecular formula is C25H27NO3. The van der Waals surface area contributed by atoms with Crippen LogP contribution in [-0.2, 0) is 23.4 Å². The van der Waals surface area contributed by atoms with Crippen molar-refractivity contribution in [3.63, 3.8) is 0 Å². The van der Waals surface area contributed by atoms with Crippen molar-refractivity contribution >= 4 is 5.91 Å². The monoisotopic (exact) mass is 389 g/mol. The van der Waals surface area contributed by atoms with Crippen LogP contribution in [0.25, 0.3) is 0 Å². The van der Waals surface area contributed by atoms with Crippen molar-refractivity contribution in [2.45, 2.75) is 32.4 Å². The Labute approximate surface area is 172 Å². The van der Waals surface area contributed by atoms with Gasteiger partial charge < -0.3 is 14.8 Å². The maximum Gasteiger partial charge on any atom is 0.230 e. The average Bonchev–Trinajstić information content (AvgIpc) is 2.77. The van der Waals surface area contributed by atoms with Gasteiger partial charge in [-0.1, -0.05) is 66.7 Å². The van der Waals surface area contributed by atoms with Gasteiger partial charge in [0.15, 0.2) is 11.5 Å². The molecule has 0 atom stereocenters. The molecule has 0 fully saturated rings. The molecule has 0 radical (unpaired) electrons. The lowest BCUT2D eigenvalue weighted by atomic mass is 9.84. The predicted molar refractivity (Wildman–Crippen MR) is 115 cm³/mol. The highest BCUT2D eigenvalue weighted by atomic mass is 16.5. The number of amides is 1. The fourth-order valence-electron chi connectivity index (χ4n) is 3.07. The normalized spacial score (nSPS) is 11.0. The molecule has 0 saturated carbocycles. The molecule has 4 heteroatoms. The minimum absolute atomic E-state index is 0.0212. The van der Waals surface area contributed by atoms with E-state index >= 15 is 0 Å². The average molecular weight is 389 g/mol. The van der Waals surface area contributed by atoms with E-state index in [2.05, 4.69) is 5.32 Å². The van der Waals surface area contributed by atoms with Gasteiger partial charge in [-0.2, -0.15) is 0 Å². The third-order valence-corrected chi connectivity index (χ3v) is 4.98. The molecule has 150 valence electrons. The molecule has 0 aliphatic carbocycles. The van der Waals surface area contributed by atoms with Crippen molar-refractivity contribution in [1.29, 1.82) is 0 Å².